The number of rotatable bonds is 6. The Bertz CT molecular complexity index is 459. The summed E-state index contributed by atoms with van der Waals surface area (Å²) in [6.45, 7) is 11.2. The van der Waals surface area contributed by atoms with Crippen LogP contribution in [0, 0.1) is 5.41 Å². The molecular weight excluding hydrogens is 264 g/mol. The Kier molecular flexibility index (Phi) is 5.78. The van der Waals surface area contributed by atoms with Crippen LogP contribution in [-0.2, 0) is 4.79 Å². The van der Waals surface area contributed by atoms with Crippen molar-refractivity contribution in [1.29, 1.82) is 0 Å². The number of hydrogen-bond donors (Lipinski definition) is 2. The van der Waals surface area contributed by atoms with E-state index in [0.29, 0.717) is 6.54 Å². The zero-order valence-corrected chi connectivity index (χ0v) is 14.0. The molecule has 4 nitrogen and oxygen atoms in total. The van der Waals surface area contributed by atoms with E-state index in [0.717, 1.165) is 17.9 Å². The van der Waals surface area contributed by atoms with E-state index in [-0.39, 0.29) is 16.9 Å². The summed E-state index contributed by atoms with van der Waals surface area (Å²) in [5.74, 6) is 0.736. The third-order valence-electron chi connectivity index (χ3n) is 3.07. The lowest BCUT2D eigenvalue weighted by Gasteiger charge is -2.33. The van der Waals surface area contributed by atoms with Gasteiger partial charge in [-0.15, -0.1) is 0 Å². The molecule has 0 saturated heterocycles. The molecule has 0 fully saturated rings. The molecule has 118 valence electrons. The van der Waals surface area contributed by atoms with Gasteiger partial charge >= 0.3 is 0 Å². The van der Waals surface area contributed by atoms with E-state index in [2.05, 4.69) is 45.3 Å². The van der Waals surface area contributed by atoms with Gasteiger partial charge in [0.2, 0.25) is 5.91 Å². The number of methoxy groups -OCH3 is 1. The summed E-state index contributed by atoms with van der Waals surface area (Å²) in [5.41, 5.74) is 0.926. The predicted octanol–water partition coefficient (Wildman–Crippen LogP) is 3.44. The first-order valence-electron chi connectivity index (χ1n) is 7.30. The number of carbonyl (C=O) groups excluding carboxylic acids is 1. The van der Waals surface area contributed by atoms with Gasteiger partial charge in [-0.25, -0.2) is 0 Å². The lowest BCUT2D eigenvalue weighted by atomic mass is 9.82. The van der Waals surface area contributed by atoms with Crippen LogP contribution in [0.3, 0.4) is 0 Å². The Morgan fingerprint density at radius 1 is 1.10 bits per heavy atom. The quantitative estimate of drug-likeness (QED) is 0.844. The number of benzene rings is 1. The molecule has 0 atom stereocenters. The maximum atomic E-state index is 12.0. The molecule has 0 radical (unpaired) electrons. The van der Waals surface area contributed by atoms with Gasteiger partial charge in [-0.3, -0.25) is 4.79 Å². The van der Waals surface area contributed by atoms with Crippen molar-refractivity contribution in [1.82, 2.24) is 5.32 Å². The molecular formula is C17H28N2O2. The van der Waals surface area contributed by atoms with E-state index in [4.69, 9.17) is 4.74 Å². The van der Waals surface area contributed by atoms with Gasteiger partial charge in [-0.05, 0) is 49.9 Å². The predicted molar refractivity (Wildman–Crippen MR) is 87.8 cm³/mol. The Hall–Kier alpha value is -1.55. The van der Waals surface area contributed by atoms with Crippen LogP contribution in [0.1, 0.15) is 41.0 Å². The van der Waals surface area contributed by atoms with E-state index in [1.54, 1.807) is 7.11 Å². The van der Waals surface area contributed by atoms with Gasteiger partial charge in [-0.2, -0.15) is 0 Å². The second-order valence-electron chi connectivity index (χ2n) is 7.25. The first-order valence-corrected chi connectivity index (χ1v) is 7.30. The molecule has 0 heterocycles. The highest BCUT2D eigenvalue weighted by Crippen LogP contribution is 2.26. The molecule has 1 amide bonds. The van der Waals surface area contributed by atoms with Crippen molar-refractivity contribution in [3.05, 3.63) is 24.3 Å². The lowest BCUT2D eigenvalue weighted by molar-refractivity contribution is -0.115. The lowest BCUT2D eigenvalue weighted by Crippen LogP contribution is -2.45. The first-order chi connectivity index (χ1) is 9.61. The van der Waals surface area contributed by atoms with Crippen molar-refractivity contribution in [3.8, 4) is 5.75 Å². The molecule has 0 aliphatic carbocycles. The molecule has 0 aliphatic rings. The summed E-state index contributed by atoms with van der Waals surface area (Å²) >= 11 is 0. The minimum atomic E-state index is -0.0739. The second-order valence-corrected chi connectivity index (χ2v) is 7.25. The minimum Gasteiger partial charge on any atom is -0.497 e. The van der Waals surface area contributed by atoms with Crippen molar-refractivity contribution in [2.75, 3.05) is 19.0 Å². The summed E-state index contributed by atoms with van der Waals surface area (Å²) < 4.78 is 5.09. The summed E-state index contributed by atoms with van der Waals surface area (Å²) in [4.78, 5) is 12.0. The molecule has 0 spiro atoms. The van der Waals surface area contributed by atoms with Gasteiger partial charge in [0.05, 0.1) is 13.7 Å². The summed E-state index contributed by atoms with van der Waals surface area (Å²) in [6, 6.07) is 7.31. The zero-order chi connectivity index (χ0) is 16.1. The number of anilines is 1. The van der Waals surface area contributed by atoms with Crippen molar-refractivity contribution in [2.24, 2.45) is 5.41 Å². The highest BCUT2D eigenvalue weighted by atomic mass is 16.5. The molecule has 2 N–H and O–H groups in total. The smallest absolute Gasteiger partial charge is 0.238 e. The van der Waals surface area contributed by atoms with Gasteiger partial charge < -0.3 is 15.4 Å². The van der Waals surface area contributed by atoms with Crippen LogP contribution in [0.15, 0.2) is 24.3 Å². The Morgan fingerprint density at radius 2 is 1.67 bits per heavy atom. The van der Waals surface area contributed by atoms with Crippen molar-refractivity contribution in [3.63, 3.8) is 0 Å². The molecule has 0 aromatic heterocycles. The number of hydrogen-bond acceptors (Lipinski definition) is 3. The maximum Gasteiger partial charge on any atom is 0.238 e. The zero-order valence-electron chi connectivity index (χ0n) is 14.0. The fourth-order valence-corrected chi connectivity index (χ4v) is 2.59. The van der Waals surface area contributed by atoms with E-state index in [1.807, 2.05) is 24.3 Å². The molecule has 1 rings (SSSR count). The van der Waals surface area contributed by atoms with Crippen LogP contribution in [0.5, 0.6) is 5.75 Å². The molecule has 1 aromatic carbocycles. The average molecular weight is 292 g/mol. The number of nitrogens with one attached hydrogen (secondary N) is 2. The largest absolute Gasteiger partial charge is 0.497 e. The van der Waals surface area contributed by atoms with Crippen LogP contribution >= 0.6 is 0 Å². The standard InChI is InChI=1S/C17H28N2O2/c1-16(2,3)12-17(4,5)18-11-15(20)19-13-7-9-14(21-6)10-8-13/h7-10,18H,11-12H2,1-6H3,(H,19,20). The van der Waals surface area contributed by atoms with Crippen LogP contribution in [0.2, 0.25) is 0 Å². The molecule has 21 heavy (non-hydrogen) atoms. The number of carbonyl (C=O) groups is 1. The summed E-state index contributed by atoms with van der Waals surface area (Å²) in [5, 5.41) is 6.19. The highest BCUT2D eigenvalue weighted by Gasteiger charge is 2.25. The monoisotopic (exact) mass is 292 g/mol. The molecule has 1 aromatic rings. The maximum absolute atomic E-state index is 12.0. The minimum absolute atomic E-state index is 0.0397. The number of ether oxygens (including phenoxy) is 1. The van der Waals surface area contributed by atoms with Gasteiger partial charge in [0.15, 0.2) is 0 Å². The van der Waals surface area contributed by atoms with Gasteiger partial charge in [-0.1, -0.05) is 20.8 Å². The SMILES string of the molecule is COc1ccc(NC(=O)CNC(C)(C)CC(C)(C)C)cc1. The fourth-order valence-electron chi connectivity index (χ4n) is 2.59. The van der Waals surface area contributed by atoms with Gasteiger partial charge in [0.1, 0.15) is 5.75 Å². The van der Waals surface area contributed by atoms with E-state index >= 15 is 0 Å². The van der Waals surface area contributed by atoms with E-state index in [1.165, 1.54) is 0 Å². The Labute approximate surface area is 128 Å². The Balaban J connectivity index is 2.46. The highest BCUT2D eigenvalue weighted by molar-refractivity contribution is 5.92. The normalized spacial score (nSPS) is 12.1. The molecule has 0 bridgehead atoms. The third-order valence-corrected chi connectivity index (χ3v) is 3.07. The van der Waals surface area contributed by atoms with Crippen molar-refractivity contribution < 1.29 is 9.53 Å². The first kappa shape index (κ1) is 17.5. The van der Waals surface area contributed by atoms with Crippen LogP contribution in [0.25, 0.3) is 0 Å². The fraction of sp³-hybridized carbons (Fsp3) is 0.588. The van der Waals surface area contributed by atoms with Gasteiger partial charge in [0.25, 0.3) is 0 Å². The average Bonchev–Trinajstić information content (AvgIpc) is 2.35. The van der Waals surface area contributed by atoms with Crippen molar-refractivity contribution >= 4 is 11.6 Å². The Morgan fingerprint density at radius 3 is 2.14 bits per heavy atom. The summed E-state index contributed by atoms with van der Waals surface area (Å²) in [7, 11) is 1.62. The molecule has 0 unspecified atom stereocenters. The second kappa shape index (κ2) is 6.94. The molecule has 0 saturated carbocycles. The summed E-state index contributed by atoms with van der Waals surface area (Å²) in [6.07, 6.45) is 0.996. The number of amides is 1. The topological polar surface area (TPSA) is 50.4 Å². The van der Waals surface area contributed by atoms with Crippen LogP contribution < -0.4 is 15.4 Å². The van der Waals surface area contributed by atoms with E-state index in [9.17, 15) is 4.79 Å². The van der Waals surface area contributed by atoms with Crippen LogP contribution in [-0.4, -0.2) is 25.1 Å². The van der Waals surface area contributed by atoms with E-state index < -0.39 is 0 Å². The third kappa shape index (κ3) is 7.14. The van der Waals surface area contributed by atoms with Crippen LogP contribution in [0.4, 0.5) is 5.69 Å². The van der Waals surface area contributed by atoms with Crippen molar-refractivity contribution in [2.45, 2.75) is 46.6 Å². The molecule has 0 aliphatic heterocycles. The van der Waals surface area contributed by atoms with Gasteiger partial charge in [0, 0.05) is 11.2 Å². The molecule has 4 heteroatoms.